The van der Waals surface area contributed by atoms with Crippen LogP contribution in [0.15, 0.2) is 24.5 Å². The van der Waals surface area contributed by atoms with Crippen LogP contribution < -0.4 is 5.73 Å². The standard InChI is InChI=1S/C14H20N6/c1-14(2,15)10-19-6-7-20-12(9-19)17-18-13(20)11-4-3-5-16-8-11/h3-5,8H,6-7,9-10,15H2,1-2H3. The van der Waals surface area contributed by atoms with E-state index in [9.17, 15) is 0 Å². The van der Waals surface area contributed by atoms with E-state index in [2.05, 4.69) is 24.6 Å². The second-order valence-corrected chi connectivity index (χ2v) is 6.03. The summed E-state index contributed by atoms with van der Waals surface area (Å²) in [5.41, 5.74) is 6.92. The van der Waals surface area contributed by atoms with Gasteiger partial charge in [0.2, 0.25) is 0 Å². The Labute approximate surface area is 118 Å². The van der Waals surface area contributed by atoms with Gasteiger partial charge in [0.05, 0.1) is 6.54 Å². The third kappa shape index (κ3) is 2.71. The van der Waals surface area contributed by atoms with Crippen LogP contribution in [0.1, 0.15) is 19.7 Å². The Morgan fingerprint density at radius 1 is 1.30 bits per heavy atom. The Bertz CT molecular complexity index is 583. The highest BCUT2D eigenvalue weighted by molar-refractivity contribution is 5.53. The van der Waals surface area contributed by atoms with Crippen molar-refractivity contribution in [3.8, 4) is 11.4 Å². The fourth-order valence-corrected chi connectivity index (χ4v) is 2.63. The normalized spacial score (nSPS) is 16.1. The van der Waals surface area contributed by atoms with Crippen LogP contribution in [0.5, 0.6) is 0 Å². The number of hydrogen-bond donors (Lipinski definition) is 1. The van der Waals surface area contributed by atoms with E-state index >= 15 is 0 Å². The first-order chi connectivity index (χ1) is 9.53. The Morgan fingerprint density at radius 2 is 2.15 bits per heavy atom. The number of pyridine rings is 1. The second-order valence-electron chi connectivity index (χ2n) is 6.03. The zero-order valence-electron chi connectivity index (χ0n) is 12.0. The Kier molecular flexibility index (Phi) is 3.27. The Morgan fingerprint density at radius 3 is 2.85 bits per heavy atom. The van der Waals surface area contributed by atoms with Crippen molar-refractivity contribution < 1.29 is 0 Å². The summed E-state index contributed by atoms with van der Waals surface area (Å²) in [4.78, 5) is 6.48. The highest BCUT2D eigenvalue weighted by Crippen LogP contribution is 2.21. The zero-order chi connectivity index (χ0) is 14.2. The minimum absolute atomic E-state index is 0.186. The molecule has 0 spiro atoms. The van der Waals surface area contributed by atoms with E-state index in [1.165, 1.54) is 0 Å². The molecule has 0 bridgehead atoms. The Balaban J connectivity index is 1.82. The fourth-order valence-electron chi connectivity index (χ4n) is 2.63. The molecule has 0 aromatic carbocycles. The van der Waals surface area contributed by atoms with Gasteiger partial charge in [0.15, 0.2) is 5.82 Å². The largest absolute Gasteiger partial charge is 0.324 e. The van der Waals surface area contributed by atoms with Gasteiger partial charge in [0.1, 0.15) is 5.82 Å². The van der Waals surface area contributed by atoms with E-state index < -0.39 is 0 Å². The van der Waals surface area contributed by atoms with E-state index in [-0.39, 0.29) is 5.54 Å². The first kappa shape index (κ1) is 13.2. The SMILES string of the molecule is CC(C)(N)CN1CCn2c(nnc2-c2cccnc2)C1. The second kappa shape index (κ2) is 4.96. The van der Waals surface area contributed by atoms with Crippen LogP contribution in [-0.2, 0) is 13.1 Å². The molecular formula is C14H20N6. The molecule has 6 nitrogen and oxygen atoms in total. The highest BCUT2D eigenvalue weighted by atomic mass is 15.3. The van der Waals surface area contributed by atoms with E-state index in [1.807, 2.05) is 32.2 Å². The van der Waals surface area contributed by atoms with Crippen LogP contribution in [-0.4, -0.2) is 43.3 Å². The van der Waals surface area contributed by atoms with Gasteiger partial charge in [-0.2, -0.15) is 0 Å². The van der Waals surface area contributed by atoms with Crippen LogP contribution in [0.3, 0.4) is 0 Å². The molecule has 20 heavy (non-hydrogen) atoms. The third-order valence-electron chi connectivity index (χ3n) is 3.38. The van der Waals surface area contributed by atoms with Gasteiger partial charge in [0.25, 0.3) is 0 Å². The van der Waals surface area contributed by atoms with Crippen molar-refractivity contribution in [1.82, 2.24) is 24.6 Å². The molecule has 0 saturated heterocycles. The van der Waals surface area contributed by atoms with Gasteiger partial charge in [-0.15, -0.1) is 10.2 Å². The summed E-state index contributed by atoms with van der Waals surface area (Å²) in [6, 6.07) is 3.93. The molecule has 0 radical (unpaired) electrons. The number of aromatic nitrogens is 4. The molecule has 0 saturated carbocycles. The fraction of sp³-hybridized carbons (Fsp3) is 0.500. The number of hydrogen-bond acceptors (Lipinski definition) is 5. The smallest absolute Gasteiger partial charge is 0.165 e. The average Bonchev–Trinajstić information content (AvgIpc) is 2.81. The van der Waals surface area contributed by atoms with E-state index in [4.69, 9.17) is 5.73 Å². The molecule has 2 N–H and O–H groups in total. The Hall–Kier alpha value is -1.79. The van der Waals surface area contributed by atoms with Crippen molar-refractivity contribution >= 4 is 0 Å². The molecule has 1 aliphatic rings. The van der Waals surface area contributed by atoms with Crippen LogP contribution in [0.2, 0.25) is 0 Å². The predicted octanol–water partition coefficient (Wildman–Crippen LogP) is 0.893. The van der Waals surface area contributed by atoms with E-state index in [0.717, 1.165) is 43.4 Å². The molecule has 0 atom stereocenters. The van der Waals surface area contributed by atoms with Gasteiger partial charge in [-0.3, -0.25) is 9.88 Å². The summed E-state index contributed by atoms with van der Waals surface area (Å²) in [6.45, 7) is 7.62. The molecule has 2 aromatic rings. The molecule has 0 fully saturated rings. The lowest BCUT2D eigenvalue weighted by molar-refractivity contribution is 0.182. The molecule has 3 rings (SSSR count). The molecule has 1 aliphatic heterocycles. The van der Waals surface area contributed by atoms with Crippen molar-refractivity contribution in [3.05, 3.63) is 30.4 Å². The highest BCUT2D eigenvalue weighted by Gasteiger charge is 2.24. The van der Waals surface area contributed by atoms with Gasteiger partial charge >= 0.3 is 0 Å². The van der Waals surface area contributed by atoms with Gasteiger partial charge in [-0.25, -0.2) is 0 Å². The van der Waals surface area contributed by atoms with Crippen LogP contribution in [0, 0.1) is 0 Å². The number of nitrogens with zero attached hydrogens (tertiary/aromatic N) is 5. The minimum atomic E-state index is -0.186. The molecule has 0 unspecified atom stereocenters. The van der Waals surface area contributed by atoms with Crippen LogP contribution in [0.4, 0.5) is 0 Å². The maximum atomic E-state index is 6.09. The van der Waals surface area contributed by atoms with Crippen molar-refractivity contribution in [1.29, 1.82) is 0 Å². The molecular weight excluding hydrogens is 252 g/mol. The molecule has 106 valence electrons. The van der Waals surface area contributed by atoms with E-state index in [0.29, 0.717) is 0 Å². The van der Waals surface area contributed by atoms with Crippen LogP contribution >= 0.6 is 0 Å². The zero-order valence-corrected chi connectivity index (χ0v) is 12.0. The van der Waals surface area contributed by atoms with E-state index in [1.54, 1.807) is 6.20 Å². The third-order valence-corrected chi connectivity index (χ3v) is 3.38. The number of fused-ring (bicyclic) bond motifs is 1. The molecule has 3 heterocycles. The first-order valence-electron chi connectivity index (χ1n) is 6.87. The number of rotatable bonds is 3. The van der Waals surface area contributed by atoms with Crippen LogP contribution in [0.25, 0.3) is 11.4 Å². The summed E-state index contributed by atoms with van der Waals surface area (Å²) >= 11 is 0. The van der Waals surface area contributed by atoms with Crippen molar-refractivity contribution in [2.75, 3.05) is 13.1 Å². The monoisotopic (exact) mass is 272 g/mol. The first-order valence-corrected chi connectivity index (χ1v) is 6.87. The molecule has 0 amide bonds. The maximum absolute atomic E-state index is 6.09. The lowest BCUT2D eigenvalue weighted by Crippen LogP contribution is -2.47. The maximum Gasteiger partial charge on any atom is 0.165 e. The lowest BCUT2D eigenvalue weighted by Gasteiger charge is -2.32. The topological polar surface area (TPSA) is 72.9 Å². The molecule has 0 aliphatic carbocycles. The summed E-state index contributed by atoms with van der Waals surface area (Å²) in [5.74, 6) is 1.90. The summed E-state index contributed by atoms with van der Waals surface area (Å²) < 4.78 is 2.18. The van der Waals surface area contributed by atoms with Gasteiger partial charge in [-0.1, -0.05) is 0 Å². The molecule has 2 aromatic heterocycles. The van der Waals surface area contributed by atoms with Crippen molar-refractivity contribution in [3.63, 3.8) is 0 Å². The minimum Gasteiger partial charge on any atom is -0.324 e. The average molecular weight is 272 g/mol. The van der Waals surface area contributed by atoms with Crippen molar-refractivity contribution in [2.45, 2.75) is 32.5 Å². The quantitative estimate of drug-likeness (QED) is 0.898. The van der Waals surface area contributed by atoms with Gasteiger partial charge in [0, 0.05) is 43.1 Å². The van der Waals surface area contributed by atoms with Crippen molar-refractivity contribution in [2.24, 2.45) is 5.73 Å². The van der Waals surface area contributed by atoms with Gasteiger partial charge in [-0.05, 0) is 26.0 Å². The number of nitrogens with two attached hydrogens (primary N) is 1. The predicted molar refractivity (Wildman–Crippen MR) is 76.8 cm³/mol. The van der Waals surface area contributed by atoms with Gasteiger partial charge < -0.3 is 10.3 Å². The molecule has 6 heteroatoms. The summed E-state index contributed by atoms with van der Waals surface area (Å²) in [7, 11) is 0. The summed E-state index contributed by atoms with van der Waals surface area (Å²) in [6.07, 6.45) is 3.59. The summed E-state index contributed by atoms with van der Waals surface area (Å²) in [5, 5.41) is 8.63. The lowest BCUT2D eigenvalue weighted by atomic mass is 10.1.